The van der Waals surface area contributed by atoms with Crippen LogP contribution in [0.15, 0.2) is 60.8 Å². The first kappa shape index (κ1) is 19.4. The standard InChI is InChI=1S/C22H22N6O2/c1-15-5-4-6-17(13-15)14-27-20(11-12-23-27)24-22(29)21-16(2)28(26-25-21)18-7-9-19(30-3)10-8-18/h4-13H,14H2,1-3H3,(H,24,29). The highest BCUT2D eigenvalue weighted by Gasteiger charge is 2.19. The second kappa shape index (κ2) is 8.20. The maximum absolute atomic E-state index is 12.8. The number of amides is 1. The third-order valence-electron chi connectivity index (χ3n) is 4.80. The number of hydrogen-bond donors (Lipinski definition) is 1. The molecular weight excluding hydrogens is 380 g/mol. The van der Waals surface area contributed by atoms with Gasteiger partial charge in [-0.3, -0.25) is 4.79 Å². The summed E-state index contributed by atoms with van der Waals surface area (Å²) in [4.78, 5) is 12.8. The van der Waals surface area contributed by atoms with Crippen molar-refractivity contribution in [3.8, 4) is 11.4 Å². The third kappa shape index (κ3) is 3.93. The molecular formula is C22H22N6O2. The van der Waals surface area contributed by atoms with Gasteiger partial charge in [-0.15, -0.1) is 5.10 Å². The minimum atomic E-state index is -0.335. The molecule has 1 amide bonds. The summed E-state index contributed by atoms with van der Waals surface area (Å²) in [5.41, 5.74) is 3.98. The number of nitrogens with zero attached hydrogens (tertiary/aromatic N) is 5. The molecule has 30 heavy (non-hydrogen) atoms. The Morgan fingerprint density at radius 1 is 1.10 bits per heavy atom. The second-order valence-corrected chi connectivity index (χ2v) is 6.95. The van der Waals surface area contributed by atoms with Crippen LogP contribution in [0.4, 0.5) is 5.82 Å². The van der Waals surface area contributed by atoms with Crippen molar-refractivity contribution < 1.29 is 9.53 Å². The number of methoxy groups -OCH3 is 1. The lowest BCUT2D eigenvalue weighted by Crippen LogP contribution is -2.17. The van der Waals surface area contributed by atoms with Crippen LogP contribution in [0.1, 0.15) is 27.3 Å². The molecule has 0 saturated carbocycles. The van der Waals surface area contributed by atoms with Crippen LogP contribution < -0.4 is 10.1 Å². The number of benzene rings is 2. The molecule has 2 aromatic carbocycles. The van der Waals surface area contributed by atoms with Gasteiger partial charge in [0.15, 0.2) is 5.69 Å². The van der Waals surface area contributed by atoms with Crippen LogP contribution >= 0.6 is 0 Å². The van der Waals surface area contributed by atoms with Crippen LogP contribution in [0.5, 0.6) is 5.75 Å². The summed E-state index contributed by atoms with van der Waals surface area (Å²) in [6, 6.07) is 17.3. The summed E-state index contributed by atoms with van der Waals surface area (Å²) in [5, 5.41) is 15.4. The minimum absolute atomic E-state index is 0.258. The van der Waals surface area contributed by atoms with Gasteiger partial charge >= 0.3 is 0 Å². The molecule has 0 saturated heterocycles. The molecule has 8 heteroatoms. The van der Waals surface area contributed by atoms with Crippen molar-refractivity contribution >= 4 is 11.7 Å². The highest BCUT2D eigenvalue weighted by atomic mass is 16.5. The first-order valence-corrected chi connectivity index (χ1v) is 9.50. The van der Waals surface area contributed by atoms with Gasteiger partial charge in [-0.1, -0.05) is 35.0 Å². The van der Waals surface area contributed by atoms with Crippen molar-refractivity contribution in [1.82, 2.24) is 24.8 Å². The Bertz CT molecular complexity index is 1180. The lowest BCUT2D eigenvalue weighted by atomic mass is 10.1. The topological polar surface area (TPSA) is 86.9 Å². The van der Waals surface area contributed by atoms with Crippen LogP contribution in [0.25, 0.3) is 5.69 Å². The van der Waals surface area contributed by atoms with Crippen molar-refractivity contribution in [3.63, 3.8) is 0 Å². The molecule has 8 nitrogen and oxygen atoms in total. The highest BCUT2D eigenvalue weighted by Crippen LogP contribution is 2.18. The van der Waals surface area contributed by atoms with Crippen molar-refractivity contribution in [1.29, 1.82) is 0 Å². The molecule has 0 atom stereocenters. The second-order valence-electron chi connectivity index (χ2n) is 6.95. The van der Waals surface area contributed by atoms with E-state index in [4.69, 9.17) is 4.74 Å². The van der Waals surface area contributed by atoms with E-state index in [0.29, 0.717) is 18.1 Å². The fraction of sp³-hybridized carbons (Fsp3) is 0.182. The summed E-state index contributed by atoms with van der Waals surface area (Å²) in [6.45, 7) is 4.41. The average Bonchev–Trinajstić information content (AvgIpc) is 3.34. The van der Waals surface area contributed by atoms with Crippen LogP contribution in [-0.2, 0) is 6.54 Å². The van der Waals surface area contributed by atoms with Gasteiger partial charge in [-0.25, -0.2) is 9.36 Å². The molecule has 0 aliphatic carbocycles. The number of carbonyl (C=O) groups excluding carboxylic acids is 1. The van der Waals surface area contributed by atoms with Crippen LogP contribution in [-0.4, -0.2) is 37.8 Å². The number of hydrogen-bond acceptors (Lipinski definition) is 5. The number of nitrogens with one attached hydrogen (secondary N) is 1. The van der Waals surface area contributed by atoms with E-state index in [9.17, 15) is 4.79 Å². The smallest absolute Gasteiger partial charge is 0.279 e. The van der Waals surface area contributed by atoms with Crippen molar-refractivity contribution in [2.75, 3.05) is 12.4 Å². The Morgan fingerprint density at radius 2 is 1.90 bits per heavy atom. The lowest BCUT2D eigenvalue weighted by molar-refractivity contribution is 0.102. The molecule has 0 fully saturated rings. The van der Waals surface area contributed by atoms with Gasteiger partial charge in [0.1, 0.15) is 11.6 Å². The molecule has 0 radical (unpaired) electrons. The van der Waals surface area contributed by atoms with E-state index in [2.05, 4.69) is 26.8 Å². The zero-order valence-electron chi connectivity index (χ0n) is 17.0. The zero-order chi connectivity index (χ0) is 21.1. The van der Waals surface area contributed by atoms with Crippen molar-refractivity contribution in [2.24, 2.45) is 0 Å². The lowest BCUT2D eigenvalue weighted by Gasteiger charge is -2.09. The summed E-state index contributed by atoms with van der Waals surface area (Å²) in [6.07, 6.45) is 1.66. The quantitative estimate of drug-likeness (QED) is 0.534. The Labute approximate surface area is 174 Å². The molecule has 0 spiro atoms. The molecule has 0 aliphatic rings. The van der Waals surface area contributed by atoms with Gasteiger partial charge in [0.2, 0.25) is 0 Å². The highest BCUT2D eigenvalue weighted by molar-refractivity contribution is 6.03. The minimum Gasteiger partial charge on any atom is -0.497 e. The maximum atomic E-state index is 12.8. The first-order chi connectivity index (χ1) is 14.5. The van der Waals surface area contributed by atoms with Gasteiger partial charge in [0.05, 0.1) is 31.2 Å². The van der Waals surface area contributed by atoms with E-state index in [-0.39, 0.29) is 11.6 Å². The molecule has 152 valence electrons. The number of rotatable bonds is 6. The molecule has 2 heterocycles. The summed E-state index contributed by atoms with van der Waals surface area (Å²) in [7, 11) is 1.61. The van der Waals surface area contributed by atoms with E-state index in [1.807, 2.05) is 56.3 Å². The number of aryl methyl sites for hydroxylation is 1. The number of carbonyl (C=O) groups is 1. The Kier molecular flexibility index (Phi) is 5.30. The molecule has 0 bridgehead atoms. The predicted molar refractivity (Wildman–Crippen MR) is 113 cm³/mol. The van der Waals surface area contributed by atoms with Gasteiger partial charge < -0.3 is 10.1 Å². The number of aromatic nitrogens is 5. The predicted octanol–water partition coefficient (Wildman–Crippen LogP) is 3.39. The Balaban J connectivity index is 1.52. The van der Waals surface area contributed by atoms with Crippen molar-refractivity contribution in [2.45, 2.75) is 20.4 Å². The van der Waals surface area contributed by atoms with Crippen LogP contribution in [0.2, 0.25) is 0 Å². The Hall–Kier alpha value is -3.94. The van der Waals surface area contributed by atoms with E-state index in [1.165, 1.54) is 5.56 Å². The maximum Gasteiger partial charge on any atom is 0.279 e. The van der Waals surface area contributed by atoms with E-state index >= 15 is 0 Å². The summed E-state index contributed by atoms with van der Waals surface area (Å²) in [5.74, 6) is 1.01. The normalized spacial score (nSPS) is 10.8. The van der Waals surface area contributed by atoms with Crippen LogP contribution in [0.3, 0.4) is 0 Å². The number of anilines is 1. The fourth-order valence-electron chi connectivity index (χ4n) is 3.23. The fourth-order valence-corrected chi connectivity index (χ4v) is 3.23. The zero-order valence-corrected chi connectivity index (χ0v) is 17.0. The van der Waals surface area contributed by atoms with Crippen molar-refractivity contribution in [3.05, 3.63) is 83.3 Å². The average molecular weight is 402 g/mol. The van der Waals surface area contributed by atoms with Gasteiger partial charge in [-0.2, -0.15) is 5.10 Å². The Morgan fingerprint density at radius 3 is 2.63 bits per heavy atom. The van der Waals surface area contributed by atoms with Gasteiger partial charge in [0, 0.05) is 6.07 Å². The van der Waals surface area contributed by atoms with E-state index in [0.717, 1.165) is 17.0 Å². The monoisotopic (exact) mass is 402 g/mol. The van der Waals surface area contributed by atoms with Gasteiger partial charge in [0.25, 0.3) is 5.91 Å². The van der Waals surface area contributed by atoms with Gasteiger partial charge in [-0.05, 0) is 43.7 Å². The number of ether oxygens (including phenoxy) is 1. The van der Waals surface area contributed by atoms with Crippen LogP contribution in [0, 0.1) is 13.8 Å². The third-order valence-corrected chi connectivity index (χ3v) is 4.80. The van der Waals surface area contributed by atoms with E-state index < -0.39 is 0 Å². The molecule has 4 rings (SSSR count). The summed E-state index contributed by atoms with van der Waals surface area (Å²) >= 11 is 0. The summed E-state index contributed by atoms with van der Waals surface area (Å²) < 4.78 is 8.55. The first-order valence-electron chi connectivity index (χ1n) is 9.50. The largest absolute Gasteiger partial charge is 0.497 e. The molecule has 0 aliphatic heterocycles. The molecule has 4 aromatic rings. The molecule has 0 unspecified atom stereocenters. The SMILES string of the molecule is COc1ccc(-n2nnc(C(=O)Nc3ccnn3Cc3cccc(C)c3)c2C)cc1. The molecule has 1 N–H and O–H groups in total. The van der Waals surface area contributed by atoms with E-state index in [1.54, 1.807) is 28.7 Å². The molecule has 2 aromatic heterocycles.